The second-order valence-electron chi connectivity index (χ2n) is 1.32. The first-order chi connectivity index (χ1) is 3.50. The molecule has 50 valence electrons. The summed E-state index contributed by atoms with van der Waals surface area (Å²) in [6.45, 7) is -1.03. The van der Waals surface area contributed by atoms with Gasteiger partial charge >= 0.3 is 0 Å². The zero-order chi connectivity index (χ0) is 6.78. The van der Waals surface area contributed by atoms with Gasteiger partial charge in [-0.15, -0.1) is 11.6 Å². The number of alkyl halides is 1. The third kappa shape index (κ3) is 2.42. The molecule has 0 heterocycles. The van der Waals surface area contributed by atoms with Crippen molar-refractivity contribution in [2.24, 2.45) is 0 Å². The molecule has 2 unspecified atom stereocenters. The molecule has 0 aliphatic heterocycles. The summed E-state index contributed by atoms with van der Waals surface area (Å²) in [6, 6.07) is 0. The Balaban J connectivity index is 3.93. The van der Waals surface area contributed by atoms with Crippen LogP contribution in [0.2, 0.25) is 0 Å². The Labute approximate surface area is 59.0 Å². The highest BCUT2D eigenvalue weighted by Crippen LogP contribution is 2.48. The normalized spacial score (nSPS) is 22.0. The van der Waals surface area contributed by atoms with Crippen LogP contribution in [-0.4, -0.2) is 17.1 Å². The zero-order valence-electron chi connectivity index (χ0n) is 4.67. The Kier molecular flexibility index (Phi) is 3.47. The first kappa shape index (κ1) is 8.86. The predicted octanol–water partition coefficient (Wildman–Crippen LogP) is 1.52. The average molecular weight is 175 g/mol. The van der Waals surface area contributed by atoms with Gasteiger partial charge in [0, 0.05) is 7.11 Å². The van der Waals surface area contributed by atoms with Crippen molar-refractivity contribution in [3.05, 3.63) is 0 Å². The molecule has 5 heteroatoms. The van der Waals surface area contributed by atoms with Crippen LogP contribution in [0.3, 0.4) is 0 Å². The highest BCUT2D eigenvalue weighted by molar-refractivity contribution is 8.10. The lowest BCUT2D eigenvalue weighted by Crippen LogP contribution is -1.93. The summed E-state index contributed by atoms with van der Waals surface area (Å²) >= 11 is 10.0. The Morgan fingerprint density at radius 3 is 2.25 bits per heavy atom. The maximum absolute atomic E-state index is 8.97. The minimum absolute atomic E-state index is 0.456. The second kappa shape index (κ2) is 3.14. The molecule has 0 saturated heterocycles. The van der Waals surface area contributed by atoms with E-state index in [0.29, 0.717) is 0 Å². The number of hydrogen-bond acceptors (Lipinski definition) is 2. The van der Waals surface area contributed by atoms with Crippen LogP contribution in [0.5, 0.6) is 0 Å². The van der Waals surface area contributed by atoms with Crippen LogP contribution in [0, 0.1) is 0 Å². The minimum atomic E-state index is -2.65. The molecule has 2 atom stereocenters. The maximum Gasteiger partial charge on any atom is 0.203 e. The summed E-state index contributed by atoms with van der Waals surface area (Å²) in [5.74, 6) is 0. The standard InChI is InChI=1S/C3H8ClO2PS/c1-3(4)7(5,8)6-2/h3H,1-2H3,(H,5,8). The van der Waals surface area contributed by atoms with E-state index in [4.69, 9.17) is 16.5 Å². The third-order valence-corrected chi connectivity index (χ3v) is 4.67. The average Bonchev–Trinajstić information content (AvgIpc) is 1.67. The molecule has 0 rings (SSSR count). The van der Waals surface area contributed by atoms with Crippen molar-refractivity contribution in [2.45, 2.75) is 12.0 Å². The molecule has 0 aromatic rings. The van der Waals surface area contributed by atoms with Gasteiger partial charge in [-0.25, -0.2) is 0 Å². The van der Waals surface area contributed by atoms with Gasteiger partial charge < -0.3 is 9.42 Å². The fourth-order valence-electron chi connectivity index (χ4n) is 0.145. The molecule has 0 aromatic heterocycles. The van der Waals surface area contributed by atoms with Crippen LogP contribution in [0.15, 0.2) is 0 Å². The topological polar surface area (TPSA) is 29.5 Å². The van der Waals surface area contributed by atoms with Gasteiger partial charge in [0.25, 0.3) is 0 Å². The second-order valence-corrected chi connectivity index (χ2v) is 6.12. The molecule has 0 aromatic carbocycles. The van der Waals surface area contributed by atoms with E-state index in [1.165, 1.54) is 7.11 Å². The summed E-state index contributed by atoms with van der Waals surface area (Å²) in [4.78, 5) is 8.97. The highest BCUT2D eigenvalue weighted by atomic mass is 35.5. The summed E-state index contributed by atoms with van der Waals surface area (Å²) in [5.41, 5.74) is 0. The van der Waals surface area contributed by atoms with Gasteiger partial charge in [0.2, 0.25) is 6.49 Å². The molecule has 0 spiro atoms. The minimum Gasteiger partial charge on any atom is -0.344 e. The molecule has 8 heavy (non-hydrogen) atoms. The van der Waals surface area contributed by atoms with Crippen molar-refractivity contribution >= 4 is 29.9 Å². The Morgan fingerprint density at radius 2 is 2.25 bits per heavy atom. The first-order valence-electron chi connectivity index (χ1n) is 2.03. The van der Waals surface area contributed by atoms with Gasteiger partial charge in [0.05, 0.1) is 0 Å². The van der Waals surface area contributed by atoms with Crippen molar-refractivity contribution in [2.75, 3.05) is 7.11 Å². The number of halogens is 1. The number of hydrogen-bond donors (Lipinski definition) is 1. The Morgan fingerprint density at radius 1 is 1.88 bits per heavy atom. The maximum atomic E-state index is 8.97. The van der Waals surface area contributed by atoms with E-state index in [1.54, 1.807) is 6.92 Å². The van der Waals surface area contributed by atoms with Crippen LogP contribution in [0.1, 0.15) is 6.92 Å². The third-order valence-electron chi connectivity index (χ3n) is 0.711. The van der Waals surface area contributed by atoms with Crippen LogP contribution in [0.4, 0.5) is 0 Å². The van der Waals surface area contributed by atoms with Crippen molar-refractivity contribution in [1.29, 1.82) is 0 Å². The first-order valence-corrected chi connectivity index (χ1v) is 5.21. The van der Waals surface area contributed by atoms with E-state index in [-0.39, 0.29) is 0 Å². The van der Waals surface area contributed by atoms with Gasteiger partial charge in [-0.05, 0) is 18.7 Å². The van der Waals surface area contributed by atoms with Gasteiger partial charge in [-0.2, -0.15) is 0 Å². The monoisotopic (exact) mass is 174 g/mol. The largest absolute Gasteiger partial charge is 0.344 e. The fraction of sp³-hybridized carbons (Fsp3) is 1.00. The smallest absolute Gasteiger partial charge is 0.203 e. The molecule has 1 N–H and O–H groups in total. The van der Waals surface area contributed by atoms with Crippen LogP contribution >= 0.6 is 18.1 Å². The van der Waals surface area contributed by atoms with Crippen LogP contribution in [0.25, 0.3) is 0 Å². The fourth-order valence-corrected chi connectivity index (χ4v) is 0.675. The summed E-state index contributed by atoms with van der Waals surface area (Å²) < 4.78 is 4.55. The molecule has 0 amide bonds. The predicted molar refractivity (Wildman–Crippen MR) is 38.8 cm³/mol. The zero-order valence-corrected chi connectivity index (χ0v) is 7.13. The van der Waals surface area contributed by atoms with E-state index in [1.807, 2.05) is 0 Å². The van der Waals surface area contributed by atoms with Crippen molar-refractivity contribution < 1.29 is 9.42 Å². The molecule has 0 aliphatic carbocycles. The molecule has 0 radical (unpaired) electrons. The molecule has 2 nitrogen and oxygen atoms in total. The van der Waals surface area contributed by atoms with Gasteiger partial charge in [-0.1, -0.05) is 0 Å². The lowest BCUT2D eigenvalue weighted by Gasteiger charge is -2.13. The summed E-state index contributed by atoms with van der Waals surface area (Å²) in [6.07, 6.45) is 0. The van der Waals surface area contributed by atoms with Crippen molar-refractivity contribution in [3.8, 4) is 0 Å². The van der Waals surface area contributed by atoms with E-state index in [0.717, 1.165) is 0 Å². The molecule has 0 saturated carbocycles. The molecule has 0 fully saturated rings. The molecule has 0 bridgehead atoms. The number of rotatable bonds is 2. The summed E-state index contributed by atoms with van der Waals surface area (Å²) in [5, 5.41) is -0.456. The Hall–Kier alpha value is 0.860. The molecular weight excluding hydrogens is 167 g/mol. The van der Waals surface area contributed by atoms with E-state index in [9.17, 15) is 0 Å². The molecular formula is C3H8ClO2PS. The SMILES string of the molecule is COP(O)(=S)C(C)Cl. The van der Waals surface area contributed by atoms with Crippen molar-refractivity contribution in [1.82, 2.24) is 0 Å². The van der Waals surface area contributed by atoms with E-state index in [2.05, 4.69) is 16.3 Å². The van der Waals surface area contributed by atoms with Gasteiger partial charge in [0.1, 0.15) is 5.12 Å². The highest BCUT2D eigenvalue weighted by Gasteiger charge is 2.17. The lowest BCUT2D eigenvalue weighted by molar-refractivity contribution is 0.385. The Bertz CT molecular complexity index is 116. The molecule has 0 aliphatic rings. The van der Waals surface area contributed by atoms with Crippen molar-refractivity contribution in [3.63, 3.8) is 0 Å². The van der Waals surface area contributed by atoms with E-state index < -0.39 is 11.6 Å². The van der Waals surface area contributed by atoms with Crippen LogP contribution in [-0.2, 0) is 16.3 Å². The van der Waals surface area contributed by atoms with Gasteiger partial charge in [-0.3, -0.25) is 0 Å². The quantitative estimate of drug-likeness (QED) is 0.509. The van der Waals surface area contributed by atoms with E-state index >= 15 is 0 Å². The summed E-state index contributed by atoms with van der Waals surface area (Å²) in [7, 11) is 1.36. The van der Waals surface area contributed by atoms with Gasteiger partial charge in [0.15, 0.2) is 0 Å². The lowest BCUT2D eigenvalue weighted by atomic mass is 11.0. The van der Waals surface area contributed by atoms with Crippen LogP contribution < -0.4 is 0 Å².